The molecule has 0 saturated carbocycles. The van der Waals surface area contributed by atoms with Gasteiger partial charge in [-0.25, -0.2) is 9.79 Å². The third kappa shape index (κ3) is 4.18. The van der Waals surface area contributed by atoms with Crippen molar-refractivity contribution in [2.24, 2.45) is 4.99 Å². The number of nitrogens with zero attached hydrogens (tertiary/aromatic N) is 2. The van der Waals surface area contributed by atoms with Gasteiger partial charge >= 0.3 is 5.97 Å². The molecule has 3 aromatic rings. The summed E-state index contributed by atoms with van der Waals surface area (Å²) in [6.07, 6.45) is 1.85. The number of amidine groups is 1. The van der Waals surface area contributed by atoms with E-state index in [1.54, 1.807) is 17.0 Å². The molecule has 1 aliphatic rings. The second kappa shape index (κ2) is 8.39. The summed E-state index contributed by atoms with van der Waals surface area (Å²) < 4.78 is 0. The van der Waals surface area contributed by atoms with Crippen LogP contribution in [0.3, 0.4) is 0 Å². The number of benzene rings is 3. The van der Waals surface area contributed by atoms with Crippen LogP contribution >= 0.6 is 11.8 Å². The van der Waals surface area contributed by atoms with E-state index >= 15 is 0 Å². The molecule has 3 aromatic carbocycles. The van der Waals surface area contributed by atoms with Crippen LogP contribution in [0, 0.1) is 6.92 Å². The molecule has 4 rings (SSSR count). The van der Waals surface area contributed by atoms with Crippen LogP contribution in [0.5, 0.6) is 0 Å². The molecule has 1 aliphatic heterocycles. The minimum Gasteiger partial charge on any atom is -0.478 e. The lowest BCUT2D eigenvalue weighted by molar-refractivity contribution is -0.113. The van der Waals surface area contributed by atoms with Gasteiger partial charge in [-0.1, -0.05) is 54.1 Å². The first-order chi connectivity index (χ1) is 14.5. The van der Waals surface area contributed by atoms with E-state index in [-0.39, 0.29) is 11.5 Å². The van der Waals surface area contributed by atoms with Crippen molar-refractivity contribution in [3.05, 3.63) is 100 Å². The summed E-state index contributed by atoms with van der Waals surface area (Å²) >= 11 is 1.27. The molecular weight excluding hydrogens is 396 g/mol. The van der Waals surface area contributed by atoms with Gasteiger partial charge < -0.3 is 5.11 Å². The Bertz CT molecular complexity index is 1170. The van der Waals surface area contributed by atoms with E-state index in [1.807, 2.05) is 67.6 Å². The number of carbonyl (C=O) groups is 2. The highest BCUT2D eigenvalue weighted by molar-refractivity contribution is 8.19. The lowest BCUT2D eigenvalue weighted by atomic mass is 10.1. The van der Waals surface area contributed by atoms with Crippen molar-refractivity contribution in [2.45, 2.75) is 6.92 Å². The average molecular weight is 414 g/mol. The number of carboxylic acids is 1. The zero-order valence-corrected chi connectivity index (χ0v) is 17.0. The number of aromatic carboxylic acids is 1. The van der Waals surface area contributed by atoms with E-state index in [4.69, 9.17) is 0 Å². The van der Waals surface area contributed by atoms with Gasteiger partial charge in [-0.2, -0.15) is 0 Å². The van der Waals surface area contributed by atoms with Gasteiger partial charge in [0, 0.05) is 0 Å². The SMILES string of the molecule is Cc1ccc(/C=C2\SC(=Nc3cccc(C(=O)O)c3)N(c3ccccc3)C2=O)cc1. The van der Waals surface area contributed by atoms with Crippen LogP contribution in [0.25, 0.3) is 6.08 Å². The summed E-state index contributed by atoms with van der Waals surface area (Å²) in [6.45, 7) is 2.01. The summed E-state index contributed by atoms with van der Waals surface area (Å²) in [5.74, 6) is -1.19. The molecular formula is C24H18N2O3S. The predicted molar refractivity (Wildman–Crippen MR) is 121 cm³/mol. The van der Waals surface area contributed by atoms with Crippen molar-refractivity contribution < 1.29 is 14.7 Å². The molecule has 30 heavy (non-hydrogen) atoms. The number of aliphatic imine (C=N–C) groups is 1. The monoisotopic (exact) mass is 414 g/mol. The number of aryl methyl sites for hydroxylation is 1. The quantitative estimate of drug-likeness (QED) is 0.572. The summed E-state index contributed by atoms with van der Waals surface area (Å²) in [5, 5.41) is 9.72. The van der Waals surface area contributed by atoms with Gasteiger partial charge in [-0.3, -0.25) is 9.69 Å². The Morgan fingerprint density at radius 1 is 1.00 bits per heavy atom. The molecule has 148 valence electrons. The maximum absolute atomic E-state index is 13.2. The van der Waals surface area contributed by atoms with Gasteiger partial charge in [0.25, 0.3) is 5.91 Å². The molecule has 5 nitrogen and oxygen atoms in total. The number of hydrogen-bond acceptors (Lipinski definition) is 4. The highest BCUT2D eigenvalue weighted by Crippen LogP contribution is 2.37. The number of rotatable bonds is 4. The van der Waals surface area contributed by atoms with Crippen LogP contribution in [-0.2, 0) is 4.79 Å². The summed E-state index contributed by atoms with van der Waals surface area (Å²) in [5.41, 5.74) is 3.40. The number of carbonyl (C=O) groups excluding carboxylic acids is 1. The normalized spacial score (nSPS) is 16.4. The lowest BCUT2D eigenvalue weighted by Gasteiger charge is -2.15. The molecule has 1 saturated heterocycles. The van der Waals surface area contributed by atoms with Crippen LogP contribution in [-0.4, -0.2) is 22.2 Å². The highest BCUT2D eigenvalue weighted by Gasteiger charge is 2.34. The fourth-order valence-electron chi connectivity index (χ4n) is 2.99. The molecule has 1 N–H and O–H groups in total. The van der Waals surface area contributed by atoms with Crippen LogP contribution in [0.2, 0.25) is 0 Å². The van der Waals surface area contributed by atoms with Gasteiger partial charge in [0.05, 0.1) is 21.8 Å². The smallest absolute Gasteiger partial charge is 0.335 e. The molecule has 1 amide bonds. The van der Waals surface area contributed by atoms with Crippen molar-refractivity contribution in [2.75, 3.05) is 4.90 Å². The minimum atomic E-state index is -1.02. The third-order valence-corrected chi connectivity index (χ3v) is 5.48. The van der Waals surface area contributed by atoms with Gasteiger partial charge in [0.2, 0.25) is 0 Å². The number of para-hydroxylation sites is 1. The molecule has 0 atom stereocenters. The second-order valence-electron chi connectivity index (χ2n) is 6.75. The fourth-order valence-corrected chi connectivity index (χ4v) is 3.99. The summed E-state index contributed by atoms with van der Waals surface area (Å²) in [7, 11) is 0. The van der Waals surface area contributed by atoms with E-state index in [2.05, 4.69) is 4.99 Å². The molecule has 0 aliphatic carbocycles. The molecule has 0 unspecified atom stereocenters. The highest BCUT2D eigenvalue weighted by atomic mass is 32.2. The number of hydrogen-bond donors (Lipinski definition) is 1. The largest absolute Gasteiger partial charge is 0.478 e. The zero-order valence-electron chi connectivity index (χ0n) is 16.1. The number of anilines is 1. The van der Waals surface area contributed by atoms with Crippen LogP contribution in [0.1, 0.15) is 21.5 Å². The number of carboxylic acid groups (broad SMARTS) is 1. The first kappa shape index (κ1) is 19.7. The standard InChI is InChI=1S/C24H18N2O3S/c1-16-10-12-17(13-11-16)14-21-22(27)26(20-8-3-2-4-9-20)24(30-21)25-19-7-5-6-18(15-19)23(28)29/h2-15H,1H3,(H,28,29)/b21-14-,25-24?. The Morgan fingerprint density at radius 3 is 2.43 bits per heavy atom. The number of amides is 1. The Kier molecular flexibility index (Phi) is 5.50. The summed E-state index contributed by atoms with van der Waals surface area (Å²) in [6, 6.07) is 23.6. The minimum absolute atomic E-state index is 0.146. The Morgan fingerprint density at radius 2 is 1.73 bits per heavy atom. The molecule has 0 aromatic heterocycles. The molecule has 1 fully saturated rings. The van der Waals surface area contributed by atoms with Crippen molar-refractivity contribution in [1.29, 1.82) is 0 Å². The number of thioether (sulfide) groups is 1. The Balaban J connectivity index is 1.77. The second-order valence-corrected chi connectivity index (χ2v) is 7.76. The van der Waals surface area contributed by atoms with E-state index in [1.165, 1.54) is 23.9 Å². The van der Waals surface area contributed by atoms with Crippen molar-refractivity contribution in [3.8, 4) is 0 Å². The predicted octanol–water partition coefficient (Wildman–Crippen LogP) is 5.50. The van der Waals surface area contributed by atoms with Crippen molar-refractivity contribution in [1.82, 2.24) is 0 Å². The van der Waals surface area contributed by atoms with Gasteiger partial charge in [-0.15, -0.1) is 0 Å². The Hall–Kier alpha value is -3.64. The topological polar surface area (TPSA) is 70.0 Å². The van der Waals surface area contributed by atoms with Crippen LogP contribution in [0.4, 0.5) is 11.4 Å². The molecule has 6 heteroatoms. The van der Waals surface area contributed by atoms with Crippen molar-refractivity contribution in [3.63, 3.8) is 0 Å². The zero-order chi connectivity index (χ0) is 21.1. The summed E-state index contributed by atoms with van der Waals surface area (Å²) in [4.78, 5) is 31.2. The maximum Gasteiger partial charge on any atom is 0.335 e. The fraction of sp³-hybridized carbons (Fsp3) is 0.0417. The molecule has 0 bridgehead atoms. The van der Waals surface area contributed by atoms with Crippen LogP contribution < -0.4 is 4.90 Å². The van der Waals surface area contributed by atoms with E-state index in [0.29, 0.717) is 21.4 Å². The first-order valence-electron chi connectivity index (χ1n) is 9.29. The lowest BCUT2D eigenvalue weighted by Crippen LogP contribution is -2.28. The first-order valence-corrected chi connectivity index (χ1v) is 10.1. The molecule has 1 heterocycles. The van der Waals surface area contributed by atoms with Gasteiger partial charge in [-0.05, 0) is 60.7 Å². The van der Waals surface area contributed by atoms with E-state index in [0.717, 1.165) is 11.1 Å². The van der Waals surface area contributed by atoms with E-state index in [9.17, 15) is 14.7 Å². The third-order valence-electron chi connectivity index (χ3n) is 4.51. The van der Waals surface area contributed by atoms with E-state index < -0.39 is 5.97 Å². The Labute approximate surface area is 178 Å². The van der Waals surface area contributed by atoms with Gasteiger partial charge in [0.1, 0.15) is 0 Å². The maximum atomic E-state index is 13.2. The molecule has 0 spiro atoms. The molecule has 0 radical (unpaired) electrons. The average Bonchev–Trinajstić information content (AvgIpc) is 3.05. The van der Waals surface area contributed by atoms with Crippen LogP contribution in [0.15, 0.2) is 88.8 Å². The van der Waals surface area contributed by atoms with Gasteiger partial charge in [0.15, 0.2) is 5.17 Å². The van der Waals surface area contributed by atoms with Crippen molar-refractivity contribution >= 4 is 46.3 Å².